The average Bonchev–Trinajstić information content (AvgIpc) is 3.52. The average molecular weight is 480 g/mol. The SMILES string of the molecule is CC(NC(=O)c1c[nH]c2ncc(-c3ccc(C(=O)N[C@@H](C)Cn4ccnc4)s3)nc12)C(C)(C)C. The number of carbonyl (C=O) groups excluding carboxylic acids is 2. The number of hydrogen-bond donors (Lipinski definition) is 3. The Morgan fingerprint density at radius 1 is 1.18 bits per heavy atom. The molecule has 1 unspecified atom stereocenters. The van der Waals surface area contributed by atoms with E-state index < -0.39 is 0 Å². The van der Waals surface area contributed by atoms with E-state index in [4.69, 9.17) is 4.98 Å². The highest BCUT2D eigenvalue weighted by Gasteiger charge is 2.24. The molecular weight excluding hydrogens is 450 g/mol. The van der Waals surface area contributed by atoms with Gasteiger partial charge in [0.2, 0.25) is 0 Å². The number of aromatic nitrogens is 5. The first-order valence-corrected chi connectivity index (χ1v) is 12.0. The Labute approximate surface area is 202 Å². The summed E-state index contributed by atoms with van der Waals surface area (Å²) in [5.41, 5.74) is 2.04. The molecule has 2 amide bonds. The molecule has 4 heterocycles. The van der Waals surface area contributed by atoms with E-state index in [9.17, 15) is 9.59 Å². The summed E-state index contributed by atoms with van der Waals surface area (Å²) in [5.74, 6) is -0.339. The summed E-state index contributed by atoms with van der Waals surface area (Å²) in [5, 5.41) is 6.05. The van der Waals surface area contributed by atoms with Crippen LogP contribution in [0.4, 0.5) is 0 Å². The Morgan fingerprint density at radius 2 is 1.97 bits per heavy atom. The van der Waals surface area contributed by atoms with Gasteiger partial charge in [0.15, 0.2) is 5.65 Å². The Balaban J connectivity index is 1.50. The molecule has 178 valence electrons. The van der Waals surface area contributed by atoms with Crippen LogP contribution in [0.25, 0.3) is 21.7 Å². The zero-order valence-corrected chi connectivity index (χ0v) is 20.7. The number of rotatable bonds is 7. The number of imidazole rings is 1. The number of aromatic amines is 1. The van der Waals surface area contributed by atoms with Gasteiger partial charge >= 0.3 is 0 Å². The fourth-order valence-electron chi connectivity index (χ4n) is 3.32. The highest BCUT2D eigenvalue weighted by Crippen LogP contribution is 2.28. The molecule has 9 nitrogen and oxygen atoms in total. The van der Waals surface area contributed by atoms with Gasteiger partial charge in [-0.3, -0.25) is 9.59 Å². The standard InChI is InChI=1S/C24H29N7O2S/c1-14(12-31-9-8-25-13-31)28-23(33)19-7-6-18(34-19)17-11-27-21-20(30-17)16(10-26-21)22(32)29-15(2)24(3,4)5/h6-11,13-15H,12H2,1-5H3,(H,26,27)(H,28,33)(H,29,32)/t14-,15?/m0/s1. The van der Waals surface area contributed by atoms with Crippen LogP contribution in [0.5, 0.6) is 0 Å². The molecule has 0 aliphatic carbocycles. The van der Waals surface area contributed by atoms with Crippen LogP contribution in [-0.2, 0) is 6.54 Å². The summed E-state index contributed by atoms with van der Waals surface area (Å²) >= 11 is 1.34. The number of nitrogens with zero attached hydrogens (tertiary/aromatic N) is 4. The van der Waals surface area contributed by atoms with Crippen LogP contribution in [0, 0.1) is 5.41 Å². The summed E-state index contributed by atoms with van der Waals surface area (Å²) in [6, 6.07) is 3.56. The first-order valence-electron chi connectivity index (χ1n) is 11.1. The van der Waals surface area contributed by atoms with Crippen LogP contribution < -0.4 is 10.6 Å². The Bertz CT molecular complexity index is 1300. The van der Waals surface area contributed by atoms with Crippen LogP contribution in [0.1, 0.15) is 54.6 Å². The highest BCUT2D eigenvalue weighted by molar-refractivity contribution is 7.17. The van der Waals surface area contributed by atoms with Gasteiger partial charge < -0.3 is 20.2 Å². The molecule has 0 aliphatic heterocycles. The van der Waals surface area contributed by atoms with Gasteiger partial charge in [0.1, 0.15) is 5.52 Å². The van der Waals surface area contributed by atoms with Gasteiger partial charge in [0, 0.05) is 37.2 Å². The molecule has 0 fully saturated rings. The highest BCUT2D eigenvalue weighted by atomic mass is 32.1. The van der Waals surface area contributed by atoms with Gasteiger partial charge in [-0.2, -0.15) is 0 Å². The summed E-state index contributed by atoms with van der Waals surface area (Å²) in [4.78, 5) is 43.1. The normalized spacial score (nSPS) is 13.6. The lowest BCUT2D eigenvalue weighted by atomic mass is 9.88. The number of carbonyl (C=O) groups is 2. The first-order chi connectivity index (χ1) is 16.1. The van der Waals surface area contributed by atoms with Gasteiger partial charge in [-0.05, 0) is 31.4 Å². The minimum atomic E-state index is -0.196. The van der Waals surface area contributed by atoms with Crippen molar-refractivity contribution in [3.8, 4) is 10.6 Å². The van der Waals surface area contributed by atoms with Crippen LogP contribution >= 0.6 is 11.3 Å². The van der Waals surface area contributed by atoms with Gasteiger partial charge in [-0.1, -0.05) is 20.8 Å². The number of thiophene rings is 1. The molecule has 3 N–H and O–H groups in total. The van der Waals surface area contributed by atoms with Crippen molar-refractivity contribution in [3.63, 3.8) is 0 Å². The van der Waals surface area contributed by atoms with Crippen molar-refractivity contribution in [3.05, 3.63) is 53.7 Å². The third-order valence-corrected chi connectivity index (χ3v) is 6.88. The van der Waals surface area contributed by atoms with Crippen molar-refractivity contribution in [1.29, 1.82) is 0 Å². The predicted octanol–water partition coefficient (Wildman–Crippen LogP) is 3.87. The van der Waals surface area contributed by atoms with Crippen molar-refractivity contribution in [1.82, 2.24) is 35.1 Å². The quantitative estimate of drug-likeness (QED) is 0.372. The molecule has 0 aromatic carbocycles. The second kappa shape index (κ2) is 9.38. The molecule has 0 spiro atoms. The number of fused-ring (bicyclic) bond motifs is 1. The molecule has 4 rings (SSSR count). The molecule has 0 radical (unpaired) electrons. The van der Waals surface area contributed by atoms with Crippen LogP contribution in [0.3, 0.4) is 0 Å². The molecule has 4 aromatic heterocycles. The molecule has 10 heteroatoms. The maximum absolute atomic E-state index is 12.9. The van der Waals surface area contributed by atoms with Crippen molar-refractivity contribution in [2.24, 2.45) is 5.41 Å². The lowest BCUT2D eigenvalue weighted by Gasteiger charge is -2.27. The minimum absolute atomic E-state index is 0.0179. The van der Waals surface area contributed by atoms with Gasteiger partial charge in [0.05, 0.1) is 33.5 Å². The van der Waals surface area contributed by atoms with E-state index in [2.05, 4.69) is 46.4 Å². The molecule has 34 heavy (non-hydrogen) atoms. The van der Waals surface area contributed by atoms with Crippen molar-refractivity contribution < 1.29 is 9.59 Å². The van der Waals surface area contributed by atoms with Crippen molar-refractivity contribution in [2.75, 3.05) is 0 Å². The Hall–Kier alpha value is -3.53. The maximum Gasteiger partial charge on any atom is 0.261 e. The van der Waals surface area contributed by atoms with Crippen molar-refractivity contribution >= 4 is 34.3 Å². The fraction of sp³-hybridized carbons (Fsp3) is 0.375. The molecule has 0 aliphatic rings. The lowest BCUT2D eigenvalue weighted by Crippen LogP contribution is -2.41. The Kier molecular flexibility index (Phi) is 6.52. The Morgan fingerprint density at radius 3 is 2.68 bits per heavy atom. The van der Waals surface area contributed by atoms with E-state index in [0.717, 1.165) is 4.88 Å². The van der Waals surface area contributed by atoms with E-state index in [1.807, 2.05) is 30.7 Å². The largest absolute Gasteiger partial charge is 0.349 e. The van der Waals surface area contributed by atoms with Gasteiger partial charge in [0.25, 0.3) is 11.8 Å². The van der Waals surface area contributed by atoms with Crippen molar-refractivity contribution in [2.45, 2.75) is 53.2 Å². The summed E-state index contributed by atoms with van der Waals surface area (Å²) in [6.45, 7) is 10.8. The number of nitrogens with one attached hydrogen (secondary N) is 3. The predicted molar refractivity (Wildman–Crippen MR) is 133 cm³/mol. The number of hydrogen-bond acceptors (Lipinski definition) is 6. The van der Waals surface area contributed by atoms with E-state index in [1.54, 1.807) is 31.0 Å². The molecular formula is C24H29N7O2S. The van der Waals surface area contributed by atoms with Crippen LogP contribution in [0.15, 0.2) is 43.2 Å². The monoisotopic (exact) mass is 479 g/mol. The molecule has 0 saturated carbocycles. The zero-order chi connectivity index (χ0) is 24.5. The third kappa shape index (κ3) is 5.17. The second-order valence-corrected chi connectivity index (χ2v) is 10.6. The molecule has 0 saturated heterocycles. The second-order valence-electron chi connectivity index (χ2n) is 9.51. The number of amides is 2. The fourth-order valence-corrected chi connectivity index (χ4v) is 4.19. The topological polar surface area (TPSA) is 118 Å². The zero-order valence-electron chi connectivity index (χ0n) is 19.9. The molecule has 2 atom stereocenters. The van der Waals surface area contributed by atoms with Crippen LogP contribution in [0.2, 0.25) is 0 Å². The van der Waals surface area contributed by atoms with E-state index in [0.29, 0.717) is 33.8 Å². The van der Waals surface area contributed by atoms with Crippen LogP contribution in [-0.4, -0.2) is 48.4 Å². The number of H-pyrrole nitrogens is 1. The summed E-state index contributed by atoms with van der Waals surface area (Å²) < 4.78 is 1.92. The third-order valence-electron chi connectivity index (χ3n) is 5.78. The minimum Gasteiger partial charge on any atom is -0.349 e. The van der Waals surface area contributed by atoms with Gasteiger partial charge in [-0.25, -0.2) is 15.0 Å². The summed E-state index contributed by atoms with van der Waals surface area (Å²) in [6.07, 6.45) is 8.57. The van der Waals surface area contributed by atoms with E-state index in [-0.39, 0.29) is 29.3 Å². The van der Waals surface area contributed by atoms with E-state index in [1.165, 1.54) is 11.3 Å². The summed E-state index contributed by atoms with van der Waals surface area (Å²) in [7, 11) is 0. The maximum atomic E-state index is 12.9. The lowest BCUT2D eigenvalue weighted by molar-refractivity contribution is 0.0909. The van der Waals surface area contributed by atoms with E-state index >= 15 is 0 Å². The smallest absolute Gasteiger partial charge is 0.261 e. The molecule has 4 aromatic rings. The molecule has 0 bridgehead atoms. The van der Waals surface area contributed by atoms with Gasteiger partial charge in [-0.15, -0.1) is 11.3 Å². The first kappa shape index (κ1) is 23.6.